The Bertz CT molecular complexity index is 963. The average molecular weight is 359 g/mol. The van der Waals surface area contributed by atoms with Crippen LogP contribution in [-0.2, 0) is 0 Å². The topological polar surface area (TPSA) is 72.2 Å². The molecular formula is C15H9ClFKN2O3. The molecule has 23 heavy (non-hydrogen) atoms. The molecule has 0 radical (unpaired) electrons. The van der Waals surface area contributed by atoms with E-state index in [4.69, 9.17) is 16.7 Å². The summed E-state index contributed by atoms with van der Waals surface area (Å²) in [5, 5.41) is 13.1. The van der Waals surface area contributed by atoms with Gasteiger partial charge in [0.1, 0.15) is 5.82 Å². The number of benzene rings is 2. The molecular weight excluding hydrogens is 350 g/mol. The van der Waals surface area contributed by atoms with E-state index >= 15 is 0 Å². The molecule has 0 spiro atoms. The third-order valence-electron chi connectivity index (χ3n) is 3.14. The van der Waals surface area contributed by atoms with Gasteiger partial charge in [0, 0.05) is 5.02 Å². The molecule has 8 heteroatoms. The number of hydrogen-bond donors (Lipinski definition) is 1. The standard InChI is InChI=1S/C15H8ClFN2O3.K.H/c16-8-4-6-9(7-5-8)19-11-3-1-2-10(17)12(11)14(20)13(18-19)15(21)22;;/h1-7H,(H,21,22);;/q;+1;-1. The monoisotopic (exact) mass is 358 g/mol. The summed E-state index contributed by atoms with van der Waals surface area (Å²) >= 11 is 5.82. The molecule has 112 valence electrons. The molecule has 0 fully saturated rings. The van der Waals surface area contributed by atoms with Gasteiger partial charge in [-0.2, -0.15) is 5.10 Å². The van der Waals surface area contributed by atoms with Crippen LogP contribution in [0.15, 0.2) is 47.3 Å². The van der Waals surface area contributed by atoms with Gasteiger partial charge in [0.25, 0.3) is 0 Å². The maximum absolute atomic E-state index is 14.0. The fraction of sp³-hybridized carbons (Fsp3) is 0. The first-order valence-corrected chi connectivity index (χ1v) is 6.57. The van der Waals surface area contributed by atoms with Crippen molar-refractivity contribution < 1.29 is 67.1 Å². The minimum atomic E-state index is -1.52. The molecule has 5 nitrogen and oxygen atoms in total. The Morgan fingerprint density at radius 1 is 1.22 bits per heavy atom. The summed E-state index contributed by atoms with van der Waals surface area (Å²) in [6.07, 6.45) is 0. The first kappa shape index (κ1) is 18.2. The van der Waals surface area contributed by atoms with Gasteiger partial charge in [-0.25, -0.2) is 13.9 Å². The van der Waals surface area contributed by atoms with Crippen LogP contribution in [0.25, 0.3) is 16.6 Å². The maximum Gasteiger partial charge on any atom is 1.00 e. The molecule has 0 saturated heterocycles. The molecule has 0 atom stereocenters. The van der Waals surface area contributed by atoms with Crippen molar-refractivity contribution in [3.63, 3.8) is 0 Å². The van der Waals surface area contributed by atoms with Crippen molar-refractivity contribution in [2.45, 2.75) is 0 Å². The van der Waals surface area contributed by atoms with Crippen LogP contribution in [0.3, 0.4) is 0 Å². The van der Waals surface area contributed by atoms with E-state index in [-0.39, 0.29) is 63.7 Å². The van der Waals surface area contributed by atoms with Crippen LogP contribution in [-0.4, -0.2) is 20.9 Å². The van der Waals surface area contributed by atoms with Gasteiger partial charge in [-0.05, 0) is 36.4 Å². The van der Waals surface area contributed by atoms with E-state index < -0.39 is 22.9 Å². The first-order chi connectivity index (χ1) is 10.5. The fourth-order valence-electron chi connectivity index (χ4n) is 2.15. The molecule has 3 aromatic rings. The molecule has 1 N–H and O–H groups in total. The van der Waals surface area contributed by atoms with Gasteiger partial charge in [0.05, 0.1) is 16.6 Å². The minimum absolute atomic E-state index is 0. The van der Waals surface area contributed by atoms with E-state index in [1.54, 1.807) is 24.3 Å². The fourth-order valence-corrected chi connectivity index (χ4v) is 2.28. The second-order valence-corrected chi connectivity index (χ2v) is 4.94. The van der Waals surface area contributed by atoms with Gasteiger partial charge < -0.3 is 6.53 Å². The number of hydrogen-bond acceptors (Lipinski definition) is 3. The van der Waals surface area contributed by atoms with Gasteiger partial charge in [0.2, 0.25) is 11.1 Å². The number of aromatic nitrogens is 2. The summed E-state index contributed by atoms with van der Waals surface area (Å²) in [5.74, 6) is -2.31. The zero-order valence-corrected chi connectivity index (χ0v) is 15.8. The van der Waals surface area contributed by atoms with Crippen molar-refractivity contribution >= 4 is 28.5 Å². The number of carboxylic acid groups (broad SMARTS) is 1. The molecule has 0 bridgehead atoms. The van der Waals surface area contributed by atoms with Gasteiger partial charge in [-0.15, -0.1) is 0 Å². The van der Waals surface area contributed by atoms with E-state index in [0.717, 1.165) is 6.07 Å². The van der Waals surface area contributed by atoms with E-state index in [1.165, 1.54) is 16.8 Å². The van der Waals surface area contributed by atoms with Crippen molar-refractivity contribution in [1.29, 1.82) is 0 Å². The van der Waals surface area contributed by atoms with Crippen molar-refractivity contribution in [3.05, 3.63) is 69.2 Å². The summed E-state index contributed by atoms with van der Waals surface area (Å²) in [4.78, 5) is 23.3. The molecule has 0 unspecified atom stereocenters. The third kappa shape index (κ3) is 3.40. The number of carbonyl (C=O) groups is 1. The van der Waals surface area contributed by atoms with Gasteiger partial charge in [-0.1, -0.05) is 17.7 Å². The molecule has 0 saturated carbocycles. The molecule has 0 amide bonds. The normalized spacial score (nSPS) is 10.3. The first-order valence-electron chi connectivity index (χ1n) is 6.20. The zero-order chi connectivity index (χ0) is 15.9. The predicted molar refractivity (Wildman–Crippen MR) is 80.4 cm³/mol. The quantitative estimate of drug-likeness (QED) is 0.654. The third-order valence-corrected chi connectivity index (χ3v) is 3.39. The van der Waals surface area contributed by atoms with E-state index in [0.29, 0.717) is 10.7 Å². The Labute approximate surface area is 178 Å². The van der Waals surface area contributed by atoms with E-state index in [1.807, 2.05) is 0 Å². The Morgan fingerprint density at radius 2 is 1.87 bits per heavy atom. The average Bonchev–Trinajstić information content (AvgIpc) is 2.48. The molecule has 0 aliphatic rings. The Hall–Kier alpha value is -1.09. The Morgan fingerprint density at radius 3 is 2.48 bits per heavy atom. The number of rotatable bonds is 2. The van der Waals surface area contributed by atoms with Crippen LogP contribution in [0.4, 0.5) is 4.39 Å². The Kier molecular flexibility index (Phi) is 5.72. The van der Waals surface area contributed by atoms with Crippen molar-refractivity contribution in [1.82, 2.24) is 9.78 Å². The van der Waals surface area contributed by atoms with Crippen LogP contribution in [0, 0.1) is 5.82 Å². The maximum atomic E-state index is 14.0. The number of aromatic carboxylic acids is 1. The molecule has 0 aliphatic heterocycles. The van der Waals surface area contributed by atoms with Crippen LogP contribution < -0.4 is 56.8 Å². The molecule has 0 aliphatic carbocycles. The number of fused-ring (bicyclic) bond motifs is 1. The molecule has 1 aromatic heterocycles. The SMILES string of the molecule is O=C(O)c1nn(-c2ccc(Cl)cc2)c2cccc(F)c2c1=O.[H-].[K+]. The van der Waals surface area contributed by atoms with Crippen LogP contribution in [0.5, 0.6) is 0 Å². The summed E-state index contributed by atoms with van der Waals surface area (Å²) in [6.45, 7) is 0. The summed E-state index contributed by atoms with van der Waals surface area (Å²) in [5.41, 5.74) is -1.06. The van der Waals surface area contributed by atoms with Crippen LogP contribution in [0.1, 0.15) is 11.9 Å². The van der Waals surface area contributed by atoms with E-state index in [2.05, 4.69) is 5.10 Å². The number of nitrogens with zero attached hydrogens (tertiary/aromatic N) is 2. The van der Waals surface area contributed by atoms with Crippen molar-refractivity contribution in [2.24, 2.45) is 0 Å². The number of carboxylic acids is 1. The second-order valence-electron chi connectivity index (χ2n) is 4.51. The largest absolute Gasteiger partial charge is 1.00 e. The molecule has 3 rings (SSSR count). The predicted octanol–water partition coefficient (Wildman–Crippen LogP) is -0.00710. The van der Waals surface area contributed by atoms with Crippen LogP contribution >= 0.6 is 11.6 Å². The van der Waals surface area contributed by atoms with Crippen molar-refractivity contribution in [3.8, 4) is 5.69 Å². The summed E-state index contributed by atoms with van der Waals surface area (Å²) in [7, 11) is 0. The molecule has 1 heterocycles. The van der Waals surface area contributed by atoms with Crippen molar-refractivity contribution in [2.75, 3.05) is 0 Å². The minimum Gasteiger partial charge on any atom is -1.00 e. The van der Waals surface area contributed by atoms with Gasteiger partial charge >= 0.3 is 57.4 Å². The number of halogens is 2. The summed E-state index contributed by atoms with van der Waals surface area (Å²) in [6, 6.07) is 10.4. The van der Waals surface area contributed by atoms with Gasteiger partial charge in [-0.3, -0.25) is 4.79 Å². The van der Waals surface area contributed by atoms with E-state index in [9.17, 15) is 14.0 Å². The van der Waals surface area contributed by atoms with Gasteiger partial charge in [0.15, 0.2) is 0 Å². The molecule has 2 aromatic carbocycles. The smallest absolute Gasteiger partial charge is 1.00 e. The zero-order valence-electron chi connectivity index (χ0n) is 13.0. The summed E-state index contributed by atoms with van der Waals surface area (Å²) < 4.78 is 15.2. The second kappa shape index (κ2) is 7.21. The Balaban J connectivity index is 0.00000144. The van der Waals surface area contributed by atoms with Crippen LogP contribution in [0.2, 0.25) is 5.02 Å².